The highest BCUT2D eigenvalue weighted by molar-refractivity contribution is 8.14. The van der Waals surface area contributed by atoms with Gasteiger partial charge in [0.1, 0.15) is 0 Å². The van der Waals surface area contributed by atoms with Gasteiger partial charge in [-0.1, -0.05) is 18.7 Å². The van der Waals surface area contributed by atoms with Crippen molar-refractivity contribution in [2.45, 2.75) is 18.6 Å². The van der Waals surface area contributed by atoms with Gasteiger partial charge in [-0.3, -0.25) is 14.8 Å². The predicted octanol–water partition coefficient (Wildman–Crippen LogP) is 1.39. The van der Waals surface area contributed by atoms with Crippen LogP contribution in [0.4, 0.5) is 0 Å². The molecule has 0 spiro atoms. The molecule has 0 fully saturated rings. The Balaban J connectivity index is 2.11. The van der Waals surface area contributed by atoms with Gasteiger partial charge in [0.15, 0.2) is 5.17 Å². The molecule has 2 heterocycles. The highest BCUT2D eigenvalue weighted by Gasteiger charge is 2.22. The molecule has 0 radical (unpaired) electrons. The van der Waals surface area contributed by atoms with Crippen LogP contribution in [0.2, 0.25) is 0 Å². The molecule has 1 atom stereocenters. The Kier molecular flexibility index (Phi) is 4.16. The van der Waals surface area contributed by atoms with E-state index in [1.807, 2.05) is 0 Å². The Morgan fingerprint density at radius 1 is 1.53 bits per heavy atom. The number of aromatic carboxylic acids is 1. The SMILES string of the molecule is CCC1CN=C(NC(=O)c2ccncc2C(=O)O)S1. The molecule has 0 aromatic carbocycles. The van der Waals surface area contributed by atoms with Crippen molar-refractivity contribution in [3.8, 4) is 0 Å². The largest absolute Gasteiger partial charge is 0.478 e. The molecule has 0 saturated carbocycles. The molecule has 7 heteroatoms. The maximum absolute atomic E-state index is 12.0. The first-order chi connectivity index (χ1) is 9.11. The van der Waals surface area contributed by atoms with E-state index in [9.17, 15) is 9.59 Å². The minimum Gasteiger partial charge on any atom is -0.478 e. The molecule has 1 aromatic rings. The highest BCUT2D eigenvalue weighted by atomic mass is 32.2. The second-order valence-corrected chi connectivity index (χ2v) is 5.26. The number of hydrogen-bond donors (Lipinski definition) is 2. The number of amidine groups is 1. The Morgan fingerprint density at radius 2 is 2.32 bits per heavy atom. The van der Waals surface area contributed by atoms with Crippen molar-refractivity contribution in [1.82, 2.24) is 10.3 Å². The normalized spacial score (nSPS) is 17.9. The van der Waals surface area contributed by atoms with Gasteiger partial charge < -0.3 is 10.4 Å². The molecule has 100 valence electrons. The number of rotatable bonds is 3. The summed E-state index contributed by atoms with van der Waals surface area (Å²) in [6.45, 7) is 2.74. The van der Waals surface area contributed by atoms with Crippen LogP contribution in [-0.4, -0.2) is 38.9 Å². The van der Waals surface area contributed by atoms with E-state index in [4.69, 9.17) is 5.11 Å². The molecular formula is C12H13N3O3S. The van der Waals surface area contributed by atoms with Crippen LogP contribution < -0.4 is 5.32 Å². The highest BCUT2D eigenvalue weighted by Crippen LogP contribution is 2.22. The van der Waals surface area contributed by atoms with E-state index in [1.165, 1.54) is 24.0 Å². The molecule has 6 nitrogen and oxygen atoms in total. The third-order valence-corrected chi connectivity index (χ3v) is 3.96. The number of pyridine rings is 1. The number of hydrogen-bond acceptors (Lipinski definition) is 5. The van der Waals surface area contributed by atoms with Crippen molar-refractivity contribution < 1.29 is 14.7 Å². The summed E-state index contributed by atoms with van der Waals surface area (Å²) in [5.74, 6) is -1.64. The first-order valence-electron chi connectivity index (χ1n) is 5.81. The molecule has 1 aromatic heterocycles. The van der Waals surface area contributed by atoms with E-state index in [2.05, 4.69) is 22.2 Å². The van der Waals surface area contributed by atoms with E-state index in [0.717, 1.165) is 12.6 Å². The second-order valence-electron chi connectivity index (χ2n) is 3.97. The molecule has 0 bridgehead atoms. The number of thioether (sulfide) groups is 1. The van der Waals surface area contributed by atoms with Crippen molar-refractivity contribution in [1.29, 1.82) is 0 Å². The number of carbonyl (C=O) groups excluding carboxylic acids is 1. The fraction of sp³-hybridized carbons (Fsp3) is 0.333. The average Bonchev–Trinajstić information content (AvgIpc) is 2.86. The van der Waals surface area contributed by atoms with E-state index in [-0.39, 0.29) is 11.1 Å². The summed E-state index contributed by atoms with van der Waals surface area (Å²) in [5, 5.41) is 12.6. The standard InChI is InChI=1S/C12H13N3O3S/c1-2-7-5-14-12(19-7)15-10(16)8-3-4-13-6-9(8)11(17)18/h3-4,6-7H,2,5H2,1H3,(H,17,18)(H,14,15,16). The molecule has 0 aliphatic carbocycles. The lowest BCUT2D eigenvalue weighted by Gasteiger charge is -2.07. The van der Waals surface area contributed by atoms with Crippen molar-refractivity contribution in [2.24, 2.45) is 4.99 Å². The first-order valence-corrected chi connectivity index (χ1v) is 6.69. The maximum Gasteiger partial charge on any atom is 0.338 e. The summed E-state index contributed by atoms with van der Waals surface area (Å²) in [7, 11) is 0. The molecular weight excluding hydrogens is 266 g/mol. The summed E-state index contributed by atoms with van der Waals surface area (Å²) < 4.78 is 0. The average molecular weight is 279 g/mol. The fourth-order valence-corrected chi connectivity index (χ4v) is 2.56. The zero-order valence-electron chi connectivity index (χ0n) is 10.3. The Bertz CT molecular complexity index is 545. The lowest BCUT2D eigenvalue weighted by atomic mass is 10.1. The minimum atomic E-state index is -1.18. The topological polar surface area (TPSA) is 91.7 Å². The molecule has 0 saturated heterocycles. The fourth-order valence-electron chi connectivity index (χ4n) is 1.63. The Morgan fingerprint density at radius 3 is 2.95 bits per heavy atom. The van der Waals surface area contributed by atoms with Gasteiger partial charge in [0, 0.05) is 17.6 Å². The Labute approximate surface area is 114 Å². The van der Waals surface area contributed by atoms with E-state index in [0.29, 0.717) is 17.0 Å². The number of carboxylic acid groups (broad SMARTS) is 1. The minimum absolute atomic E-state index is 0.0887. The van der Waals surface area contributed by atoms with Gasteiger partial charge >= 0.3 is 5.97 Å². The summed E-state index contributed by atoms with van der Waals surface area (Å²) in [6.07, 6.45) is 3.53. The van der Waals surface area contributed by atoms with Gasteiger partial charge in [-0.15, -0.1) is 0 Å². The number of carboxylic acids is 1. The number of amides is 1. The molecule has 2 rings (SSSR count). The molecule has 1 amide bonds. The van der Waals surface area contributed by atoms with Gasteiger partial charge in [-0.2, -0.15) is 0 Å². The lowest BCUT2D eigenvalue weighted by Crippen LogP contribution is -2.29. The first kappa shape index (κ1) is 13.5. The third kappa shape index (κ3) is 3.11. The molecule has 1 unspecified atom stereocenters. The number of nitrogens with zero attached hydrogens (tertiary/aromatic N) is 2. The van der Waals surface area contributed by atoms with Crippen molar-refractivity contribution in [3.63, 3.8) is 0 Å². The summed E-state index contributed by atoms with van der Waals surface area (Å²) >= 11 is 1.50. The Hall–Kier alpha value is -1.89. The summed E-state index contributed by atoms with van der Waals surface area (Å²) in [6, 6.07) is 1.39. The van der Waals surface area contributed by atoms with Gasteiger partial charge in [-0.25, -0.2) is 4.79 Å². The summed E-state index contributed by atoms with van der Waals surface area (Å²) in [5.41, 5.74) is -0.0265. The third-order valence-electron chi connectivity index (χ3n) is 2.69. The number of aromatic nitrogens is 1. The van der Waals surface area contributed by atoms with E-state index in [1.54, 1.807) is 0 Å². The van der Waals surface area contributed by atoms with Gasteiger partial charge in [0.05, 0.1) is 17.7 Å². The molecule has 2 N–H and O–H groups in total. The van der Waals surface area contributed by atoms with Crippen LogP contribution in [0.25, 0.3) is 0 Å². The van der Waals surface area contributed by atoms with Gasteiger partial charge in [0.25, 0.3) is 5.91 Å². The summed E-state index contributed by atoms with van der Waals surface area (Å²) in [4.78, 5) is 31.0. The quantitative estimate of drug-likeness (QED) is 0.872. The van der Waals surface area contributed by atoms with Crippen molar-refractivity contribution >= 4 is 28.8 Å². The van der Waals surface area contributed by atoms with Crippen LogP contribution >= 0.6 is 11.8 Å². The molecule has 1 aliphatic rings. The number of carbonyl (C=O) groups is 2. The van der Waals surface area contributed by atoms with Gasteiger partial charge in [-0.05, 0) is 12.5 Å². The van der Waals surface area contributed by atoms with Crippen LogP contribution in [0.1, 0.15) is 34.1 Å². The second kappa shape index (κ2) is 5.83. The molecule has 19 heavy (non-hydrogen) atoms. The van der Waals surface area contributed by atoms with Crippen LogP contribution in [0.5, 0.6) is 0 Å². The van der Waals surface area contributed by atoms with E-state index >= 15 is 0 Å². The smallest absolute Gasteiger partial charge is 0.338 e. The monoisotopic (exact) mass is 279 g/mol. The van der Waals surface area contributed by atoms with E-state index < -0.39 is 11.9 Å². The zero-order valence-corrected chi connectivity index (χ0v) is 11.1. The van der Waals surface area contributed by atoms with Crippen molar-refractivity contribution in [3.05, 3.63) is 29.6 Å². The van der Waals surface area contributed by atoms with Crippen LogP contribution in [0.3, 0.4) is 0 Å². The van der Waals surface area contributed by atoms with Gasteiger partial charge in [0.2, 0.25) is 0 Å². The lowest BCUT2D eigenvalue weighted by molar-refractivity contribution is 0.0691. The van der Waals surface area contributed by atoms with Crippen LogP contribution in [-0.2, 0) is 0 Å². The van der Waals surface area contributed by atoms with Crippen molar-refractivity contribution in [2.75, 3.05) is 6.54 Å². The maximum atomic E-state index is 12.0. The zero-order chi connectivity index (χ0) is 13.8. The predicted molar refractivity (Wildman–Crippen MR) is 72.6 cm³/mol. The van der Waals surface area contributed by atoms with Crippen LogP contribution in [0.15, 0.2) is 23.5 Å². The molecule has 1 aliphatic heterocycles. The number of aliphatic imine (C=N–C) groups is 1. The number of nitrogens with one attached hydrogen (secondary N) is 1. The van der Waals surface area contributed by atoms with Crippen LogP contribution in [0, 0.1) is 0 Å².